The number of alkyl halides is 2. The van der Waals surface area contributed by atoms with Crippen molar-refractivity contribution in [2.75, 3.05) is 6.35 Å². The van der Waals surface area contributed by atoms with Crippen LogP contribution >= 0.6 is 8.03 Å². The second kappa shape index (κ2) is 7.83. The summed E-state index contributed by atoms with van der Waals surface area (Å²) < 4.78 is 40.8. The van der Waals surface area contributed by atoms with Gasteiger partial charge in [0.2, 0.25) is 8.03 Å². The van der Waals surface area contributed by atoms with E-state index in [9.17, 15) is 13.3 Å². The first kappa shape index (κ1) is 16.4. The standard InChI is InChI=1S/C9H14F2N5O3P/c10-7(11)6(19-4-20(17)18)1-5(2-12)8-14-3-15-9(13)16-8/h2-3,6-7,12,20H,1,4H2,(H,17,18)(H3,13,14,15,16)/b8-5-,12-2?/t6-/m1/s1. The zero-order valence-electron chi connectivity index (χ0n) is 10.2. The van der Waals surface area contributed by atoms with Gasteiger partial charge >= 0.3 is 0 Å². The van der Waals surface area contributed by atoms with Crippen LogP contribution in [0, 0.1) is 5.41 Å². The second-order valence-electron chi connectivity index (χ2n) is 3.68. The van der Waals surface area contributed by atoms with Gasteiger partial charge in [-0.05, 0) is 0 Å². The Bertz CT molecular complexity index is 480. The Morgan fingerprint density at radius 1 is 1.70 bits per heavy atom. The van der Waals surface area contributed by atoms with E-state index in [2.05, 4.69) is 20.0 Å². The normalized spacial score (nSPS) is 20.1. The minimum atomic E-state index is -3.00. The predicted octanol–water partition coefficient (Wildman–Crippen LogP) is 0.259. The van der Waals surface area contributed by atoms with Crippen molar-refractivity contribution >= 4 is 26.5 Å². The number of nitrogens with two attached hydrogens (primary N) is 1. The lowest BCUT2D eigenvalue weighted by Crippen LogP contribution is -2.34. The molecule has 0 saturated carbocycles. The van der Waals surface area contributed by atoms with E-state index in [1.165, 1.54) is 0 Å². The highest BCUT2D eigenvalue weighted by Gasteiger charge is 2.24. The number of rotatable bonds is 7. The quantitative estimate of drug-likeness (QED) is 0.395. The first-order chi connectivity index (χ1) is 9.43. The summed E-state index contributed by atoms with van der Waals surface area (Å²) in [4.78, 5) is 16.0. The maximum atomic E-state index is 12.8. The van der Waals surface area contributed by atoms with Crippen molar-refractivity contribution < 1.29 is 23.0 Å². The number of hydrogen-bond donors (Lipinski definition) is 4. The van der Waals surface area contributed by atoms with Crippen molar-refractivity contribution in [3.05, 3.63) is 11.4 Å². The van der Waals surface area contributed by atoms with Gasteiger partial charge in [-0.15, -0.1) is 0 Å². The van der Waals surface area contributed by atoms with Crippen LogP contribution in [-0.2, 0) is 9.30 Å². The molecule has 112 valence electrons. The molecule has 0 aliphatic carbocycles. The fourth-order valence-electron chi connectivity index (χ4n) is 1.34. The molecule has 0 spiro atoms. The number of halogens is 2. The van der Waals surface area contributed by atoms with E-state index < -0.39 is 26.9 Å². The first-order valence-corrected chi connectivity index (χ1v) is 6.98. The van der Waals surface area contributed by atoms with Gasteiger partial charge in [0.25, 0.3) is 6.43 Å². The summed E-state index contributed by atoms with van der Waals surface area (Å²) in [7, 11) is -3.00. The van der Waals surface area contributed by atoms with Crippen molar-refractivity contribution in [1.82, 2.24) is 5.32 Å². The summed E-state index contributed by atoms with van der Waals surface area (Å²) in [6.07, 6.45) is -3.55. The van der Waals surface area contributed by atoms with E-state index in [-0.39, 0.29) is 23.8 Å². The van der Waals surface area contributed by atoms with Crippen LogP contribution in [-0.4, -0.2) is 42.3 Å². The molecule has 0 aromatic heterocycles. The van der Waals surface area contributed by atoms with Crippen molar-refractivity contribution in [2.24, 2.45) is 15.7 Å². The van der Waals surface area contributed by atoms with Crippen LogP contribution in [0.25, 0.3) is 0 Å². The monoisotopic (exact) mass is 309 g/mol. The summed E-state index contributed by atoms with van der Waals surface area (Å²) in [6.45, 7) is 0. The largest absolute Gasteiger partial charge is 0.369 e. The SMILES string of the molecule is N=C/C(C[C@@H](OC[PH](=O)O)C(F)F)=C1/N=CN=C(N)N1. The molecule has 1 heterocycles. The van der Waals surface area contributed by atoms with E-state index in [1.54, 1.807) is 0 Å². The van der Waals surface area contributed by atoms with Gasteiger partial charge in [-0.3, -0.25) is 4.57 Å². The Morgan fingerprint density at radius 2 is 2.40 bits per heavy atom. The molecule has 0 saturated heterocycles. The van der Waals surface area contributed by atoms with Crippen LogP contribution < -0.4 is 11.1 Å². The van der Waals surface area contributed by atoms with Gasteiger partial charge in [0.05, 0.1) is 0 Å². The fourth-order valence-corrected chi connectivity index (χ4v) is 1.69. The maximum Gasteiger partial charge on any atom is 0.264 e. The molecule has 0 amide bonds. The fraction of sp³-hybridized carbons (Fsp3) is 0.444. The highest BCUT2D eigenvalue weighted by molar-refractivity contribution is 7.37. The molecule has 0 aromatic rings. The number of aliphatic imine (C=N–C) groups is 2. The zero-order valence-corrected chi connectivity index (χ0v) is 11.2. The Kier molecular flexibility index (Phi) is 6.43. The van der Waals surface area contributed by atoms with Gasteiger partial charge in [-0.2, -0.15) is 0 Å². The van der Waals surface area contributed by atoms with E-state index in [0.29, 0.717) is 0 Å². The van der Waals surface area contributed by atoms with Crippen molar-refractivity contribution in [1.29, 1.82) is 5.41 Å². The number of hydrogen-bond acceptors (Lipinski definition) is 7. The molecule has 0 fully saturated rings. The summed E-state index contributed by atoms with van der Waals surface area (Å²) in [5.74, 6) is 0.127. The third-order valence-electron chi connectivity index (χ3n) is 2.23. The van der Waals surface area contributed by atoms with Crippen LogP contribution in [0.2, 0.25) is 0 Å². The number of nitrogens with one attached hydrogen (secondary N) is 2. The van der Waals surface area contributed by atoms with Crippen molar-refractivity contribution in [3.8, 4) is 0 Å². The third kappa shape index (κ3) is 5.16. The van der Waals surface area contributed by atoms with E-state index in [0.717, 1.165) is 12.6 Å². The van der Waals surface area contributed by atoms with Crippen LogP contribution in [0.4, 0.5) is 8.78 Å². The van der Waals surface area contributed by atoms with Gasteiger partial charge in [0.15, 0.2) is 5.96 Å². The second-order valence-corrected chi connectivity index (χ2v) is 4.76. The van der Waals surface area contributed by atoms with E-state index >= 15 is 0 Å². The Balaban J connectivity index is 2.81. The first-order valence-electron chi connectivity index (χ1n) is 5.42. The number of guanidine groups is 1. The molecule has 5 N–H and O–H groups in total. The molecular weight excluding hydrogens is 295 g/mol. The minimum Gasteiger partial charge on any atom is -0.369 e. The predicted molar refractivity (Wildman–Crippen MR) is 70.6 cm³/mol. The summed E-state index contributed by atoms with van der Waals surface area (Å²) in [5, 5.41) is 9.76. The molecule has 2 atom stereocenters. The van der Waals surface area contributed by atoms with Gasteiger partial charge < -0.3 is 26.1 Å². The van der Waals surface area contributed by atoms with E-state index in [1.807, 2.05) is 0 Å². The third-order valence-corrected chi connectivity index (χ3v) is 2.65. The molecule has 0 aromatic carbocycles. The number of nitrogens with zero attached hydrogens (tertiary/aromatic N) is 2. The molecule has 0 radical (unpaired) electrons. The number of ether oxygens (including phenoxy) is 1. The Hall–Kier alpha value is -1.64. The average Bonchev–Trinajstić information content (AvgIpc) is 2.38. The topological polar surface area (TPSA) is 133 Å². The molecule has 11 heteroatoms. The zero-order chi connectivity index (χ0) is 15.1. The smallest absolute Gasteiger partial charge is 0.264 e. The molecule has 1 aliphatic rings. The summed E-state index contributed by atoms with van der Waals surface area (Å²) in [5.41, 5.74) is 5.51. The summed E-state index contributed by atoms with van der Waals surface area (Å²) in [6, 6.07) is 0. The lowest BCUT2D eigenvalue weighted by molar-refractivity contribution is -0.0394. The van der Waals surface area contributed by atoms with Gasteiger partial charge in [0.1, 0.15) is 24.6 Å². The molecule has 1 aliphatic heterocycles. The maximum absolute atomic E-state index is 12.8. The van der Waals surface area contributed by atoms with E-state index in [4.69, 9.17) is 16.0 Å². The lowest BCUT2D eigenvalue weighted by atomic mass is 10.1. The lowest BCUT2D eigenvalue weighted by Gasteiger charge is -2.18. The summed E-state index contributed by atoms with van der Waals surface area (Å²) >= 11 is 0. The van der Waals surface area contributed by atoms with Crippen LogP contribution in [0.15, 0.2) is 21.4 Å². The highest BCUT2D eigenvalue weighted by Crippen LogP contribution is 2.21. The highest BCUT2D eigenvalue weighted by atomic mass is 31.1. The van der Waals surface area contributed by atoms with Crippen LogP contribution in [0.5, 0.6) is 0 Å². The van der Waals surface area contributed by atoms with Crippen LogP contribution in [0.1, 0.15) is 6.42 Å². The Labute approximate surface area is 113 Å². The minimum absolute atomic E-state index is 0.0178. The molecule has 0 bridgehead atoms. The van der Waals surface area contributed by atoms with Crippen LogP contribution in [0.3, 0.4) is 0 Å². The van der Waals surface area contributed by atoms with Gasteiger partial charge in [-0.25, -0.2) is 18.8 Å². The average molecular weight is 309 g/mol. The molecule has 20 heavy (non-hydrogen) atoms. The molecule has 8 nitrogen and oxygen atoms in total. The van der Waals surface area contributed by atoms with Crippen molar-refractivity contribution in [3.63, 3.8) is 0 Å². The molecule has 1 unspecified atom stereocenters. The Morgan fingerprint density at radius 3 is 2.90 bits per heavy atom. The molecular formula is C9H14F2N5O3P. The van der Waals surface area contributed by atoms with Crippen molar-refractivity contribution in [2.45, 2.75) is 19.0 Å². The molecule has 1 rings (SSSR count). The van der Waals surface area contributed by atoms with Gasteiger partial charge in [0, 0.05) is 18.2 Å². The van der Waals surface area contributed by atoms with Gasteiger partial charge in [-0.1, -0.05) is 0 Å².